The average molecular weight is 408 g/mol. The molecule has 0 aliphatic carbocycles. The van der Waals surface area contributed by atoms with Crippen molar-refractivity contribution in [3.05, 3.63) is 46.4 Å². The van der Waals surface area contributed by atoms with Crippen LogP contribution >= 0.6 is 15.9 Å². The molecule has 6 heteroatoms. The molecule has 25 heavy (non-hydrogen) atoms. The number of methoxy groups -OCH3 is 1. The second-order valence-corrected chi connectivity index (χ2v) is 6.10. The molecule has 2 rings (SSSR count). The molecule has 0 radical (unpaired) electrons. The van der Waals surface area contributed by atoms with Gasteiger partial charge in [0.15, 0.2) is 11.5 Å². The van der Waals surface area contributed by atoms with Crippen LogP contribution in [0.1, 0.15) is 30.6 Å². The fourth-order valence-corrected chi connectivity index (χ4v) is 2.76. The topological polar surface area (TPSA) is 56.8 Å². The molecule has 2 aromatic carbocycles. The normalized spacial score (nSPS) is 10.2. The van der Waals surface area contributed by atoms with E-state index in [0.717, 1.165) is 12.2 Å². The molecule has 0 aliphatic heterocycles. The average Bonchev–Trinajstić information content (AvgIpc) is 2.62. The molecule has 0 atom stereocenters. The summed E-state index contributed by atoms with van der Waals surface area (Å²) >= 11 is 3.45. The molecule has 0 heterocycles. The molecule has 0 saturated heterocycles. The van der Waals surface area contributed by atoms with Gasteiger partial charge in [0.2, 0.25) is 0 Å². The second kappa shape index (κ2) is 9.32. The van der Waals surface area contributed by atoms with Gasteiger partial charge in [-0.1, -0.05) is 6.92 Å². The summed E-state index contributed by atoms with van der Waals surface area (Å²) in [5.74, 6) is 1.65. The Labute approximate surface area is 156 Å². The third-order valence-electron chi connectivity index (χ3n) is 3.37. The summed E-state index contributed by atoms with van der Waals surface area (Å²) in [6.45, 7) is 5.13. The third-order valence-corrected chi connectivity index (χ3v) is 3.95. The zero-order valence-corrected chi connectivity index (χ0v) is 16.2. The van der Waals surface area contributed by atoms with E-state index < -0.39 is 0 Å². The number of hydrogen-bond donors (Lipinski definition) is 1. The maximum absolute atomic E-state index is 12.5. The maximum Gasteiger partial charge on any atom is 0.255 e. The zero-order chi connectivity index (χ0) is 18.2. The Morgan fingerprint density at radius 1 is 1.12 bits per heavy atom. The van der Waals surface area contributed by atoms with Gasteiger partial charge in [0.1, 0.15) is 5.75 Å². The summed E-state index contributed by atoms with van der Waals surface area (Å²) in [4.78, 5) is 12.5. The number of amides is 1. The fraction of sp³-hybridized carbons (Fsp3) is 0.316. The van der Waals surface area contributed by atoms with E-state index in [1.807, 2.05) is 26.0 Å². The summed E-state index contributed by atoms with van der Waals surface area (Å²) in [5, 5.41) is 2.86. The molecule has 0 fully saturated rings. The summed E-state index contributed by atoms with van der Waals surface area (Å²) in [6.07, 6.45) is 0.884. The Hall–Kier alpha value is -2.21. The van der Waals surface area contributed by atoms with Crippen LogP contribution in [0.15, 0.2) is 40.9 Å². The number of ether oxygens (including phenoxy) is 3. The van der Waals surface area contributed by atoms with Gasteiger partial charge >= 0.3 is 0 Å². The van der Waals surface area contributed by atoms with Crippen LogP contribution in [0.3, 0.4) is 0 Å². The Morgan fingerprint density at radius 2 is 1.84 bits per heavy atom. The number of carbonyl (C=O) groups excluding carboxylic acids is 1. The summed E-state index contributed by atoms with van der Waals surface area (Å²) in [7, 11) is 1.55. The van der Waals surface area contributed by atoms with E-state index in [-0.39, 0.29) is 5.91 Å². The van der Waals surface area contributed by atoms with Crippen LogP contribution in [0.5, 0.6) is 17.2 Å². The molecule has 5 nitrogen and oxygen atoms in total. The van der Waals surface area contributed by atoms with Gasteiger partial charge in [0, 0.05) is 11.3 Å². The molecule has 0 bridgehead atoms. The largest absolute Gasteiger partial charge is 0.494 e. The zero-order valence-electron chi connectivity index (χ0n) is 14.6. The highest BCUT2D eigenvalue weighted by atomic mass is 79.9. The highest BCUT2D eigenvalue weighted by Crippen LogP contribution is 2.37. The third kappa shape index (κ3) is 5.13. The van der Waals surface area contributed by atoms with Crippen LogP contribution in [0.4, 0.5) is 5.69 Å². The van der Waals surface area contributed by atoms with Crippen LogP contribution in [0.25, 0.3) is 0 Å². The van der Waals surface area contributed by atoms with Gasteiger partial charge in [-0.3, -0.25) is 4.79 Å². The number of nitrogens with one attached hydrogen (secondary N) is 1. The van der Waals surface area contributed by atoms with Crippen molar-refractivity contribution in [2.24, 2.45) is 0 Å². The number of anilines is 1. The predicted octanol–water partition coefficient (Wildman–Crippen LogP) is 4.90. The molecular formula is C19H22BrNO4. The monoisotopic (exact) mass is 407 g/mol. The molecular weight excluding hydrogens is 386 g/mol. The van der Waals surface area contributed by atoms with E-state index in [0.29, 0.717) is 40.4 Å². The first-order valence-electron chi connectivity index (χ1n) is 8.13. The van der Waals surface area contributed by atoms with E-state index in [4.69, 9.17) is 14.2 Å². The molecule has 0 aromatic heterocycles. The lowest BCUT2D eigenvalue weighted by atomic mass is 10.1. The first-order chi connectivity index (χ1) is 12.1. The molecule has 0 spiro atoms. The van der Waals surface area contributed by atoms with Gasteiger partial charge < -0.3 is 19.5 Å². The van der Waals surface area contributed by atoms with Gasteiger partial charge in [0.25, 0.3) is 5.91 Å². The van der Waals surface area contributed by atoms with Crippen LogP contribution in [0.2, 0.25) is 0 Å². The molecule has 1 N–H and O–H groups in total. The lowest BCUT2D eigenvalue weighted by Gasteiger charge is -2.14. The lowest BCUT2D eigenvalue weighted by Crippen LogP contribution is -2.12. The minimum absolute atomic E-state index is 0.231. The summed E-state index contributed by atoms with van der Waals surface area (Å²) in [6, 6.07) is 10.6. The first-order valence-corrected chi connectivity index (χ1v) is 8.92. The summed E-state index contributed by atoms with van der Waals surface area (Å²) in [5.41, 5.74) is 1.16. The Bertz CT molecular complexity index is 716. The summed E-state index contributed by atoms with van der Waals surface area (Å²) < 4.78 is 17.1. The van der Waals surface area contributed by atoms with Crippen LogP contribution in [0, 0.1) is 0 Å². The Balaban J connectivity index is 2.16. The van der Waals surface area contributed by atoms with E-state index in [1.165, 1.54) is 0 Å². The van der Waals surface area contributed by atoms with Crippen molar-refractivity contribution in [1.29, 1.82) is 0 Å². The Kier molecular flexibility index (Phi) is 7.13. The van der Waals surface area contributed by atoms with E-state index in [1.54, 1.807) is 31.4 Å². The van der Waals surface area contributed by atoms with E-state index in [2.05, 4.69) is 21.2 Å². The molecule has 0 unspecified atom stereocenters. The molecule has 134 valence electrons. The van der Waals surface area contributed by atoms with Crippen molar-refractivity contribution in [3.8, 4) is 17.2 Å². The first kappa shape index (κ1) is 19.1. The molecule has 0 aliphatic rings. The van der Waals surface area contributed by atoms with Gasteiger partial charge in [-0.05, 0) is 65.7 Å². The van der Waals surface area contributed by atoms with Crippen molar-refractivity contribution in [2.45, 2.75) is 20.3 Å². The standard InChI is InChI=1S/C19H22BrNO4/c1-4-10-25-18-16(20)11-13(12-17(18)23-3)19(22)21-14-6-8-15(9-7-14)24-5-2/h6-9,11-12H,4-5,10H2,1-3H3,(H,21,22). The minimum Gasteiger partial charge on any atom is -0.494 e. The van der Waals surface area contributed by atoms with Crippen molar-refractivity contribution in [2.75, 3.05) is 25.6 Å². The van der Waals surface area contributed by atoms with E-state index >= 15 is 0 Å². The fourth-order valence-electron chi connectivity index (χ4n) is 2.20. The van der Waals surface area contributed by atoms with E-state index in [9.17, 15) is 4.79 Å². The second-order valence-electron chi connectivity index (χ2n) is 5.25. The predicted molar refractivity (Wildman–Crippen MR) is 102 cm³/mol. The van der Waals surface area contributed by atoms with Gasteiger partial charge in [-0.15, -0.1) is 0 Å². The van der Waals surface area contributed by atoms with Crippen molar-refractivity contribution >= 4 is 27.5 Å². The molecule has 0 saturated carbocycles. The van der Waals surface area contributed by atoms with Crippen LogP contribution in [-0.2, 0) is 0 Å². The van der Waals surface area contributed by atoms with Crippen molar-refractivity contribution in [1.82, 2.24) is 0 Å². The van der Waals surface area contributed by atoms with Crippen LogP contribution in [-0.4, -0.2) is 26.2 Å². The number of halogens is 1. The quantitative estimate of drug-likeness (QED) is 0.675. The molecule has 2 aromatic rings. The van der Waals surface area contributed by atoms with Gasteiger partial charge in [0.05, 0.1) is 24.8 Å². The van der Waals surface area contributed by atoms with Gasteiger partial charge in [-0.2, -0.15) is 0 Å². The minimum atomic E-state index is -0.231. The van der Waals surface area contributed by atoms with Crippen LogP contribution < -0.4 is 19.5 Å². The lowest BCUT2D eigenvalue weighted by molar-refractivity contribution is 0.102. The Morgan fingerprint density at radius 3 is 2.44 bits per heavy atom. The number of benzene rings is 2. The van der Waals surface area contributed by atoms with Gasteiger partial charge in [-0.25, -0.2) is 0 Å². The smallest absolute Gasteiger partial charge is 0.255 e. The highest BCUT2D eigenvalue weighted by molar-refractivity contribution is 9.10. The molecule has 1 amide bonds. The highest BCUT2D eigenvalue weighted by Gasteiger charge is 2.15. The SMILES string of the molecule is CCCOc1c(Br)cc(C(=O)Nc2ccc(OCC)cc2)cc1OC. The van der Waals surface area contributed by atoms with Crippen molar-refractivity contribution < 1.29 is 19.0 Å². The maximum atomic E-state index is 12.5. The number of rotatable bonds is 8. The number of carbonyl (C=O) groups is 1. The van der Waals surface area contributed by atoms with Crippen molar-refractivity contribution in [3.63, 3.8) is 0 Å². The number of hydrogen-bond acceptors (Lipinski definition) is 4.